The van der Waals surface area contributed by atoms with Crippen molar-refractivity contribution in [1.82, 2.24) is 14.3 Å². The number of hydrogen-bond acceptors (Lipinski definition) is 3. The molecule has 0 spiro atoms. The van der Waals surface area contributed by atoms with Crippen LogP contribution in [0.15, 0.2) is 0 Å². The molecule has 0 aliphatic heterocycles. The van der Waals surface area contributed by atoms with Crippen LogP contribution in [-0.4, -0.2) is 44.9 Å². The lowest BCUT2D eigenvalue weighted by molar-refractivity contribution is 0.398. The molecule has 0 aromatic rings. The highest BCUT2D eigenvalue weighted by molar-refractivity contribution is 7.87. The fourth-order valence-electron chi connectivity index (χ4n) is 1.78. The standard InChI is InChI=1S/C13H31N3O2S/c1-7-13(11(2)3)15-19(17,18)16(6)10-8-9-14-12(4)5/h11-15H,7-10H2,1-6H3. The molecular weight excluding hydrogens is 262 g/mol. The highest BCUT2D eigenvalue weighted by Gasteiger charge is 2.22. The normalized spacial score (nSPS) is 14.6. The Labute approximate surface area is 119 Å². The van der Waals surface area contributed by atoms with E-state index in [0.717, 1.165) is 19.4 Å². The highest BCUT2D eigenvalue weighted by Crippen LogP contribution is 2.08. The van der Waals surface area contributed by atoms with Crippen LogP contribution in [0.3, 0.4) is 0 Å². The van der Waals surface area contributed by atoms with E-state index in [9.17, 15) is 8.42 Å². The maximum Gasteiger partial charge on any atom is 0.279 e. The predicted octanol–water partition coefficient (Wildman–Crippen LogP) is 1.58. The maximum atomic E-state index is 12.1. The maximum absolute atomic E-state index is 12.1. The van der Waals surface area contributed by atoms with Gasteiger partial charge in [-0.05, 0) is 25.3 Å². The van der Waals surface area contributed by atoms with E-state index in [2.05, 4.69) is 23.9 Å². The summed E-state index contributed by atoms with van der Waals surface area (Å²) in [5.74, 6) is 0.302. The summed E-state index contributed by atoms with van der Waals surface area (Å²) in [6, 6.07) is 0.437. The molecule has 0 fully saturated rings. The average Bonchev–Trinajstić information content (AvgIpc) is 2.30. The minimum absolute atomic E-state index is 0.00115. The van der Waals surface area contributed by atoms with Crippen LogP contribution in [0, 0.1) is 5.92 Å². The van der Waals surface area contributed by atoms with Gasteiger partial charge in [-0.25, -0.2) is 0 Å². The smallest absolute Gasteiger partial charge is 0.279 e. The Morgan fingerprint density at radius 1 is 1.16 bits per heavy atom. The van der Waals surface area contributed by atoms with Gasteiger partial charge in [0.05, 0.1) is 0 Å². The van der Waals surface area contributed by atoms with Crippen molar-refractivity contribution in [2.24, 2.45) is 5.92 Å². The monoisotopic (exact) mass is 293 g/mol. The predicted molar refractivity (Wildman–Crippen MR) is 81.4 cm³/mol. The molecule has 6 heteroatoms. The SMILES string of the molecule is CCC(NS(=O)(=O)N(C)CCCNC(C)C)C(C)C. The lowest BCUT2D eigenvalue weighted by atomic mass is 10.0. The van der Waals surface area contributed by atoms with Gasteiger partial charge in [0.1, 0.15) is 0 Å². The van der Waals surface area contributed by atoms with Gasteiger partial charge in [-0.3, -0.25) is 0 Å². The quantitative estimate of drug-likeness (QED) is 0.601. The van der Waals surface area contributed by atoms with Crippen molar-refractivity contribution in [3.63, 3.8) is 0 Å². The Bertz CT molecular complexity index is 329. The van der Waals surface area contributed by atoms with E-state index in [4.69, 9.17) is 0 Å². The molecule has 19 heavy (non-hydrogen) atoms. The van der Waals surface area contributed by atoms with E-state index in [1.807, 2.05) is 20.8 Å². The van der Waals surface area contributed by atoms with Crippen LogP contribution in [0.25, 0.3) is 0 Å². The Kier molecular flexibility index (Phi) is 8.81. The fraction of sp³-hybridized carbons (Fsp3) is 1.00. The van der Waals surface area contributed by atoms with Crippen LogP contribution in [-0.2, 0) is 10.2 Å². The zero-order valence-electron chi connectivity index (χ0n) is 13.2. The van der Waals surface area contributed by atoms with Gasteiger partial charge in [-0.15, -0.1) is 0 Å². The molecule has 0 aromatic heterocycles. The first kappa shape index (κ1) is 18.8. The van der Waals surface area contributed by atoms with Crippen molar-refractivity contribution in [2.75, 3.05) is 20.1 Å². The zero-order chi connectivity index (χ0) is 15.1. The first-order valence-electron chi connectivity index (χ1n) is 7.17. The topological polar surface area (TPSA) is 61.4 Å². The lowest BCUT2D eigenvalue weighted by Gasteiger charge is -2.25. The van der Waals surface area contributed by atoms with Crippen molar-refractivity contribution in [3.8, 4) is 0 Å². The summed E-state index contributed by atoms with van der Waals surface area (Å²) < 4.78 is 28.4. The van der Waals surface area contributed by atoms with E-state index >= 15 is 0 Å². The second-order valence-corrected chi connectivity index (χ2v) is 7.47. The first-order chi connectivity index (χ1) is 8.70. The molecule has 0 saturated heterocycles. The Morgan fingerprint density at radius 3 is 2.16 bits per heavy atom. The van der Waals surface area contributed by atoms with E-state index in [1.165, 1.54) is 4.31 Å². The molecule has 1 atom stereocenters. The summed E-state index contributed by atoms with van der Waals surface area (Å²) in [6.45, 7) is 11.6. The van der Waals surface area contributed by atoms with E-state index < -0.39 is 10.2 Å². The van der Waals surface area contributed by atoms with E-state index in [1.54, 1.807) is 7.05 Å². The van der Waals surface area contributed by atoms with Crippen LogP contribution >= 0.6 is 0 Å². The summed E-state index contributed by atoms with van der Waals surface area (Å²) in [7, 11) is -1.73. The molecule has 116 valence electrons. The molecule has 0 rings (SSSR count). The van der Waals surface area contributed by atoms with E-state index in [-0.39, 0.29) is 6.04 Å². The van der Waals surface area contributed by atoms with Crippen LogP contribution in [0.5, 0.6) is 0 Å². The summed E-state index contributed by atoms with van der Waals surface area (Å²) in [4.78, 5) is 0. The molecule has 2 N–H and O–H groups in total. The van der Waals surface area contributed by atoms with Crippen molar-refractivity contribution < 1.29 is 8.42 Å². The third kappa shape index (κ3) is 7.87. The first-order valence-corrected chi connectivity index (χ1v) is 8.61. The second-order valence-electron chi connectivity index (χ2n) is 5.67. The molecule has 0 bridgehead atoms. The van der Waals surface area contributed by atoms with Crippen LogP contribution < -0.4 is 10.0 Å². The molecular formula is C13H31N3O2S. The number of nitrogens with zero attached hydrogens (tertiary/aromatic N) is 1. The molecule has 0 radical (unpaired) electrons. The molecule has 0 saturated carbocycles. The molecule has 0 heterocycles. The van der Waals surface area contributed by atoms with Crippen LogP contribution in [0.1, 0.15) is 47.5 Å². The van der Waals surface area contributed by atoms with Gasteiger partial charge in [0, 0.05) is 25.7 Å². The van der Waals surface area contributed by atoms with Crippen molar-refractivity contribution in [2.45, 2.75) is 59.5 Å². The largest absolute Gasteiger partial charge is 0.314 e. The van der Waals surface area contributed by atoms with Crippen molar-refractivity contribution in [1.29, 1.82) is 0 Å². The average molecular weight is 293 g/mol. The third-order valence-electron chi connectivity index (χ3n) is 3.16. The van der Waals surface area contributed by atoms with Crippen molar-refractivity contribution in [3.05, 3.63) is 0 Å². The number of hydrogen-bond donors (Lipinski definition) is 2. The second kappa shape index (κ2) is 8.89. The molecule has 1 unspecified atom stereocenters. The summed E-state index contributed by atoms with van der Waals surface area (Å²) in [5, 5.41) is 3.28. The Morgan fingerprint density at radius 2 is 1.74 bits per heavy atom. The molecule has 0 amide bonds. The molecule has 0 aliphatic carbocycles. The Hall–Kier alpha value is -0.170. The summed E-state index contributed by atoms with van der Waals surface area (Å²) in [5.41, 5.74) is 0. The van der Waals surface area contributed by atoms with Crippen LogP contribution in [0.2, 0.25) is 0 Å². The van der Waals surface area contributed by atoms with Gasteiger partial charge in [-0.1, -0.05) is 34.6 Å². The molecule has 0 aliphatic rings. The van der Waals surface area contributed by atoms with Gasteiger partial charge in [-0.2, -0.15) is 17.4 Å². The van der Waals surface area contributed by atoms with Crippen LogP contribution in [0.4, 0.5) is 0 Å². The summed E-state index contributed by atoms with van der Waals surface area (Å²) in [6.07, 6.45) is 1.62. The minimum Gasteiger partial charge on any atom is -0.314 e. The zero-order valence-corrected chi connectivity index (χ0v) is 14.0. The van der Waals surface area contributed by atoms with Gasteiger partial charge in [0.2, 0.25) is 0 Å². The molecule has 0 aromatic carbocycles. The van der Waals surface area contributed by atoms with Gasteiger partial charge in [0.15, 0.2) is 0 Å². The minimum atomic E-state index is -3.36. The third-order valence-corrected chi connectivity index (χ3v) is 4.76. The fourth-order valence-corrected chi connectivity index (χ4v) is 3.16. The highest BCUT2D eigenvalue weighted by atomic mass is 32.2. The van der Waals surface area contributed by atoms with Gasteiger partial charge >= 0.3 is 0 Å². The lowest BCUT2D eigenvalue weighted by Crippen LogP contribution is -2.46. The number of nitrogens with one attached hydrogen (secondary N) is 2. The van der Waals surface area contributed by atoms with Gasteiger partial charge < -0.3 is 5.32 Å². The summed E-state index contributed by atoms with van der Waals surface area (Å²) >= 11 is 0. The van der Waals surface area contributed by atoms with Crippen molar-refractivity contribution >= 4 is 10.2 Å². The molecule has 5 nitrogen and oxygen atoms in total. The number of rotatable bonds is 10. The Balaban J connectivity index is 4.24. The van der Waals surface area contributed by atoms with Gasteiger partial charge in [0.25, 0.3) is 10.2 Å². The van der Waals surface area contributed by atoms with E-state index in [0.29, 0.717) is 18.5 Å².